The third-order valence-corrected chi connectivity index (χ3v) is 5.67. The molecule has 2 aromatic carbocycles. The number of halogens is 1. The molecule has 0 bridgehead atoms. The third-order valence-electron chi connectivity index (χ3n) is 4.24. The van der Waals surface area contributed by atoms with Gasteiger partial charge in [0.2, 0.25) is 15.9 Å². The molecule has 2 aromatic rings. The van der Waals surface area contributed by atoms with Crippen LogP contribution in [0.5, 0.6) is 5.75 Å². The Bertz CT molecular complexity index is 918. The number of rotatable bonds is 9. The summed E-state index contributed by atoms with van der Waals surface area (Å²) in [6, 6.07) is 13.9. The van der Waals surface area contributed by atoms with Crippen LogP contribution in [0.15, 0.2) is 48.5 Å². The first-order valence-electron chi connectivity index (χ1n) is 8.88. The molecule has 6 nitrogen and oxygen atoms in total. The van der Waals surface area contributed by atoms with Crippen LogP contribution in [0, 0.1) is 0 Å². The van der Waals surface area contributed by atoms with Crippen LogP contribution in [0.25, 0.3) is 0 Å². The predicted octanol–water partition coefficient (Wildman–Crippen LogP) is 3.77. The largest absolute Gasteiger partial charge is 0.496 e. The number of carbonyl (C=O) groups is 1. The normalized spacial score (nSPS) is 12.3. The summed E-state index contributed by atoms with van der Waals surface area (Å²) < 4.78 is 30.8. The van der Waals surface area contributed by atoms with Crippen molar-refractivity contribution in [1.82, 2.24) is 5.32 Å². The van der Waals surface area contributed by atoms with Gasteiger partial charge in [0.05, 0.1) is 25.1 Å². The van der Waals surface area contributed by atoms with Crippen LogP contribution in [-0.2, 0) is 14.8 Å². The molecule has 0 aliphatic heterocycles. The Kier molecular flexibility index (Phi) is 7.71. The SMILES string of the molecule is COc1ccccc1C(C)NC(=O)CCCN(c1cccc(Cl)c1)S(C)(=O)=O. The van der Waals surface area contributed by atoms with E-state index in [1.807, 2.05) is 31.2 Å². The van der Waals surface area contributed by atoms with E-state index in [1.165, 1.54) is 4.31 Å². The standard InChI is InChI=1S/C20H25ClN2O4S/c1-15(18-10-4-5-11-19(18)27-2)22-20(24)12-7-13-23(28(3,25)26)17-9-6-8-16(21)14-17/h4-6,8-11,14-15H,7,12-13H2,1-3H3,(H,22,24). The van der Waals surface area contributed by atoms with Gasteiger partial charge in [0.15, 0.2) is 0 Å². The van der Waals surface area contributed by atoms with Crippen molar-refractivity contribution in [2.75, 3.05) is 24.2 Å². The monoisotopic (exact) mass is 424 g/mol. The number of para-hydroxylation sites is 1. The number of sulfonamides is 1. The van der Waals surface area contributed by atoms with Gasteiger partial charge in [-0.25, -0.2) is 8.42 Å². The van der Waals surface area contributed by atoms with Crippen LogP contribution in [-0.4, -0.2) is 34.2 Å². The Balaban J connectivity index is 1.96. The Morgan fingerprint density at radius 3 is 2.57 bits per heavy atom. The molecule has 1 N–H and O–H groups in total. The lowest BCUT2D eigenvalue weighted by Gasteiger charge is -2.23. The average molecular weight is 425 g/mol. The number of methoxy groups -OCH3 is 1. The molecule has 0 aromatic heterocycles. The molecular formula is C20H25ClN2O4S. The molecule has 0 radical (unpaired) electrons. The highest BCUT2D eigenvalue weighted by atomic mass is 35.5. The lowest BCUT2D eigenvalue weighted by molar-refractivity contribution is -0.121. The van der Waals surface area contributed by atoms with Gasteiger partial charge in [0.25, 0.3) is 0 Å². The van der Waals surface area contributed by atoms with E-state index in [4.69, 9.17) is 16.3 Å². The molecule has 1 unspecified atom stereocenters. The fourth-order valence-electron chi connectivity index (χ4n) is 2.92. The second-order valence-corrected chi connectivity index (χ2v) is 8.79. The lowest BCUT2D eigenvalue weighted by atomic mass is 10.1. The van der Waals surface area contributed by atoms with Gasteiger partial charge in [0, 0.05) is 23.6 Å². The number of nitrogens with zero attached hydrogens (tertiary/aromatic N) is 1. The van der Waals surface area contributed by atoms with E-state index in [0.29, 0.717) is 22.9 Å². The van der Waals surface area contributed by atoms with Crippen LogP contribution in [0.2, 0.25) is 5.02 Å². The summed E-state index contributed by atoms with van der Waals surface area (Å²) in [7, 11) is -1.89. The van der Waals surface area contributed by atoms with Gasteiger partial charge < -0.3 is 10.1 Å². The zero-order valence-electron chi connectivity index (χ0n) is 16.2. The molecule has 0 saturated carbocycles. The van der Waals surface area contributed by atoms with Crippen molar-refractivity contribution in [2.45, 2.75) is 25.8 Å². The highest BCUT2D eigenvalue weighted by molar-refractivity contribution is 7.92. The number of anilines is 1. The molecule has 1 atom stereocenters. The first kappa shape index (κ1) is 22.0. The molecule has 8 heteroatoms. The van der Waals surface area contributed by atoms with E-state index in [-0.39, 0.29) is 24.9 Å². The maximum absolute atomic E-state index is 12.3. The maximum atomic E-state index is 12.3. The van der Waals surface area contributed by atoms with Crippen molar-refractivity contribution in [3.05, 3.63) is 59.1 Å². The summed E-state index contributed by atoms with van der Waals surface area (Å²) in [6.07, 6.45) is 1.72. The van der Waals surface area contributed by atoms with Crippen molar-refractivity contribution in [2.24, 2.45) is 0 Å². The van der Waals surface area contributed by atoms with Gasteiger partial charge in [-0.1, -0.05) is 35.9 Å². The molecule has 0 heterocycles. The van der Waals surface area contributed by atoms with Crippen molar-refractivity contribution in [1.29, 1.82) is 0 Å². The quantitative estimate of drug-likeness (QED) is 0.664. The van der Waals surface area contributed by atoms with Gasteiger partial charge in [-0.05, 0) is 37.6 Å². The zero-order valence-corrected chi connectivity index (χ0v) is 17.8. The van der Waals surface area contributed by atoms with Crippen LogP contribution >= 0.6 is 11.6 Å². The smallest absolute Gasteiger partial charge is 0.232 e. The Labute approximate surface area is 171 Å². The summed E-state index contributed by atoms with van der Waals surface area (Å²) in [4.78, 5) is 12.3. The second-order valence-electron chi connectivity index (χ2n) is 6.45. The summed E-state index contributed by atoms with van der Waals surface area (Å²) >= 11 is 5.97. The van der Waals surface area contributed by atoms with Gasteiger partial charge in [-0.3, -0.25) is 9.10 Å². The Hall–Kier alpha value is -2.25. The Morgan fingerprint density at radius 2 is 1.93 bits per heavy atom. The summed E-state index contributed by atoms with van der Waals surface area (Å²) in [5, 5.41) is 3.38. The van der Waals surface area contributed by atoms with E-state index in [9.17, 15) is 13.2 Å². The summed E-state index contributed by atoms with van der Waals surface area (Å²) in [5.41, 5.74) is 1.37. The molecule has 28 heavy (non-hydrogen) atoms. The maximum Gasteiger partial charge on any atom is 0.232 e. The molecule has 1 amide bonds. The van der Waals surface area contributed by atoms with Crippen molar-refractivity contribution in [3.63, 3.8) is 0 Å². The first-order valence-corrected chi connectivity index (χ1v) is 11.1. The molecule has 0 aliphatic rings. The van der Waals surface area contributed by atoms with Crippen molar-refractivity contribution in [3.8, 4) is 5.75 Å². The molecular weight excluding hydrogens is 400 g/mol. The molecule has 0 aliphatic carbocycles. The lowest BCUT2D eigenvalue weighted by Crippen LogP contribution is -2.32. The van der Waals surface area contributed by atoms with Gasteiger partial charge in [0.1, 0.15) is 5.75 Å². The van der Waals surface area contributed by atoms with E-state index < -0.39 is 10.0 Å². The molecule has 0 saturated heterocycles. The van der Waals surface area contributed by atoms with Gasteiger partial charge >= 0.3 is 0 Å². The number of ether oxygens (including phenoxy) is 1. The van der Waals surface area contributed by atoms with E-state index in [2.05, 4.69) is 5.32 Å². The Morgan fingerprint density at radius 1 is 1.21 bits per heavy atom. The van der Waals surface area contributed by atoms with Crippen LogP contribution in [0.4, 0.5) is 5.69 Å². The zero-order chi connectivity index (χ0) is 20.7. The topological polar surface area (TPSA) is 75.7 Å². The average Bonchev–Trinajstić information content (AvgIpc) is 2.64. The highest BCUT2D eigenvalue weighted by Gasteiger charge is 2.19. The highest BCUT2D eigenvalue weighted by Crippen LogP contribution is 2.25. The number of benzene rings is 2. The fraction of sp³-hybridized carbons (Fsp3) is 0.350. The first-order chi connectivity index (χ1) is 13.2. The third kappa shape index (κ3) is 6.14. The fourth-order valence-corrected chi connectivity index (χ4v) is 4.06. The summed E-state index contributed by atoms with van der Waals surface area (Å²) in [6.45, 7) is 2.07. The minimum absolute atomic E-state index is 0.155. The van der Waals surface area contributed by atoms with Crippen LogP contribution < -0.4 is 14.4 Å². The molecule has 152 valence electrons. The number of nitrogens with one attached hydrogen (secondary N) is 1. The van der Waals surface area contributed by atoms with Crippen molar-refractivity contribution < 1.29 is 17.9 Å². The number of hydrogen-bond donors (Lipinski definition) is 1. The number of hydrogen-bond acceptors (Lipinski definition) is 4. The number of amides is 1. The molecule has 0 fully saturated rings. The summed E-state index contributed by atoms with van der Waals surface area (Å²) in [5.74, 6) is 0.553. The predicted molar refractivity (Wildman–Crippen MR) is 112 cm³/mol. The molecule has 2 rings (SSSR count). The minimum Gasteiger partial charge on any atom is -0.496 e. The van der Waals surface area contributed by atoms with E-state index in [0.717, 1.165) is 11.8 Å². The van der Waals surface area contributed by atoms with Gasteiger partial charge in [-0.2, -0.15) is 0 Å². The van der Waals surface area contributed by atoms with Crippen LogP contribution in [0.1, 0.15) is 31.4 Å². The van der Waals surface area contributed by atoms with Gasteiger partial charge in [-0.15, -0.1) is 0 Å². The van der Waals surface area contributed by atoms with E-state index in [1.54, 1.807) is 31.4 Å². The van der Waals surface area contributed by atoms with Crippen molar-refractivity contribution >= 4 is 33.2 Å². The minimum atomic E-state index is -3.48. The van der Waals surface area contributed by atoms with Crippen LogP contribution in [0.3, 0.4) is 0 Å². The van der Waals surface area contributed by atoms with E-state index >= 15 is 0 Å². The molecule has 0 spiro atoms. The second kappa shape index (κ2) is 9.80. The number of carbonyl (C=O) groups excluding carboxylic acids is 1.